The molecule has 1 aromatic rings. The zero-order valence-electron chi connectivity index (χ0n) is 8.51. The number of nitrogen functional groups attached to an aromatic ring is 1. The summed E-state index contributed by atoms with van der Waals surface area (Å²) in [5.41, 5.74) is 6.06. The highest BCUT2D eigenvalue weighted by atomic mass is 16.5. The summed E-state index contributed by atoms with van der Waals surface area (Å²) in [6.07, 6.45) is 5.18. The van der Waals surface area contributed by atoms with Crippen LogP contribution in [0.2, 0.25) is 0 Å². The molecule has 0 aliphatic carbocycles. The third kappa shape index (κ3) is 4.21. The van der Waals surface area contributed by atoms with E-state index in [0.717, 1.165) is 0 Å². The normalized spacial score (nSPS) is 10.5. The van der Waals surface area contributed by atoms with E-state index in [2.05, 4.69) is 9.97 Å². The van der Waals surface area contributed by atoms with Gasteiger partial charge in [-0.25, -0.2) is 9.97 Å². The molecule has 0 unspecified atom stereocenters. The molecule has 1 rings (SSSR count). The van der Waals surface area contributed by atoms with Crippen LogP contribution in [0.4, 0.5) is 5.95 Å². The fourth-order valence-electron chi connectivity index (χ4n) is 0.977. The predicted octanol–water partition coefficient (Wildman–Crippen LogP) is 1.03. The number of nitrogens with two attached hydrogens (primary N) is 1. The van der Waals surface area contributed by atoms with Crippen molar-refractivity contribution in [2.75, 3.05) is 12.3 Å². The minimum absolute atomic E-state index is 0.216. The van der Waals surface area contributed by atoms with Crippen molar-refractivity contribution in [3.8, 4) is 0 Å². The Labute approximate surface area is 88.0 Å². The van der Waals surface area contributed by atoms with Gasteiger partial charge in [-0.2, -0.15) is 0 Å². The van der Waals surface area contributed by atoms with E-state index in [4.69, 9.17) is 10.5 Å². The van der Waals surface area contributed by atoms with E-state index in [0.29, 0.717) is 12.3 Å². The Morgan fingerprint density at radius 1 is 1.67 bits per heavy atom. The van der Waals surface area contributed by atoms with Gasteiger partial charge in [0.1, 0.15) is 0 Å². The molecule has 0 radical (unpaired) electrons. The van der Waals surface area contributed by atoms with Crippen molar-refractivity contribution in [1.29, 1.82) is 0 Å². The van der Waals surface area contributed by atoms with Crippen LogP contribution in [0, 0.1) is 0 Å². The zero-order chi connectivity index (χ0) is 11.1. The minimum atomic E-state index is -0.254. The number of ether oxygens (including phenoxy) is 1. The van der Waals surface area contributed by atoms with Gasteiger partial charge >= 0.3 is 5.97 Å². The zero-order valence-corrected chi connectivity index (χ0v) is 8.51. The molecule has 0 aliphatic heterocycles. The molecule has 5 heteroatoms. The van der Waals surface area contributed by atoms with Crippen molar-refractivity contribution in [2.45, 2.75) is 13.3 Å². The van der Waals surface area contributed by atoms with Crippen LogP contribution >= 0.6 is 0 Å². The van der Waals surface area contributed by atoms with Gasteiger partial charge in [0.15, 0.2) is 0 Å². The van der Waals surface area contributed by atoms with Crippen LogP contribution in [0.3, 0.4) is 0 Å². The summed E-state index contributed by atoms with van der Waals surface area (Å²) in [5.74, 6) is -0.0379. The van der Waals surface area contributed by atoms with Gasteiger partial charge in [-0.3, -0.25) is 4.79 Å². The third-order valence-electron chi connectivity index (χ3n) is 1.57. The predicted molar refractivity (Wildman–Crippen MR) is 56.7 cm³/mol. The number of hydrogen-bond donors (Lipinski definition) is 1. The first-order chi connectivity index (χ1) is 7.22. The van der Waals surface area contributed by atoms with E-state index in [1.54, 1.807) is 31.3 Å². The van der Waals surface area contributed by atoms with Crippen LogP contribution in [0.15, 0.2) is 18.3 Å². The van der Waals surface area contributed by atoms with Crippen molar-refractivity contribution in [3.05, 3.63) is 24.0 Å². The number of aromatic nitrogens is 2. The molecule has 0 bridgehead atoms. The monoisotopic (exact) mass is 207 g/mol. The Balaban J connectivity index is 2.48. The van der Waals surface area contributed by atoms with Gasteiger partial charge in [0.2, 0.25) is 5.95 Å². The molecule has 0 aliphatic rings. The number of anilines is 1. The van der Waals surface area contributed by atoms with E-state index in [1.807, 2.05) is 0 Å². The van der Waals surface area contributed by atoms with Crippen LogP contribution < -0.4 is 5.73 Å². The summed E-state index contributed by atoms with van der Waals surface area (Å²) in [6.45, 7) is 2.17. The van der Waals surface area contributed by atoms with E-state index >= 15 is 0 Å². The maximum Gasteiger partial charge on any atom is 0.309 e. The first kappa shape index (κ1) is 11.2. The quantitative estimate of drug-likeness (QED) is 0.746. The van der Waals surface area contributed by atoms with E-state index < -0.39 is 0 Å². The summed E-state index contributed by atoms with van der Waals surface area (Å²) in [4.78, 5) is 18.7. The van der Waals surface area contributed by atoms with Crippen molar-refractivity contribution < 1.29 is 9.53 Å². The highest BCUT2D eigenvalue weighted by Gasteiger charge is 1.96. The summed E-state index contributed by atoms with van der Waals surface area (Å²) in [6, 6.07) is 1.71. The second-order valence-corrected chi connectivity index (χ2v) is 2.75. The van der Waals surface area contributed by atoms with Crippen molar-refractivity contribution in [3.63, 3.8) is 0 Å². The Kier molecular flexibility index (Phi) is 4.28. The average molecular weight is 207 g/mol. The van der Waals surface area contributed by atoms with Gasteiger partial charge < -0.3 is 10.5 Å². The molecule has 0 saturated heterocycles. The summed E-state index contributed by atoms with van der Waals surface area (Å²) in [7, 11) is 0. The van der Waals surface area contributed by atoms with Crippen LogP contribution in [0.25, 0.3) is 6.08 Å². The molecule has 0 amide bonds. The molecule has 1 heterocycles. The van der Waals surface area contributed by atoms with E-state index in [-0.39, 0.29) is 18.3 Å². The fraction of sp³-hybridized carbons (Fsp3) is 0.300. The SMILES string of the molecule is CCOC(=O)CC=Cc1ccnc(N)n1. The fourth-order valence-corrected chi connectivity index (χ4v) is 0.977. The Hall–Kier alpha value is -1.91. The standard InChI is InChI=1S/C10H13N3O2/c1-2-15-9(14)5-3-4-8-6-7-12-10(11)13-8/h3-4,6-7H,2,5H2,1H3,(H2,11,12,13). The van der Waals surface area contributed by atoms with Crippen molar-refractivity contribution >= 4 is 18.0 Å². The molecule has 0 spiro atoms. The number of carbonyl (C=O) groups excluding carboxylic acids is 1. The topological polar surface area (TPSA) is 78.1 Å². The summed E-state index contributed by atoms with van der Waals surface area (Å²) in [5, 5.41) is 0. The molecule has 5 nitrogen and oxygen atoms in total. The van der Waals surface area contributed by atoms with Gasteiger partial charge in [-0.1, -0.05) is 6.08 Å². The van der Waals surface area contributed by atoms with Crippen molar-refractivity contribution in [2.24, 2.45) is 0 Å². The summed E-state index contributed by atoms with van der Waals surface area (Å²) >= 11 is 0. The number of rotatable bonds is 4. The Bertz CT molecular complexity index is 363. The molecule has 80 valence electrons. The largest absolute Gasteiger partial charge is 0.466 e. The van der Waals surface area contributed by atoms with Crippen molar-refractivity contribution in [1.82, 2.24) is 9.97 Å². The first-order valence-corrected chi connectivity index (χ1v) is 4.63. The number of esters is 1. The van der Waals surface area contributed by atoms with E-state index in [9.17, 15) is 4.79 Å². The average Bonchev–Trinajstić information content (AvgIpc) is 2.18. The second kappa shape index (κ2) is 5.74. The lowest BCUT2D eigenvalue weighted by molar-refractivity contribution is -0.142. The van der Waals surface area contributed by atoms with E-state index in [1.165, 1.54) is 0 Å². The number of hydrogen-bond acceptors (Lipinski definition) is 5. The highest BCUT2D eigenvalue weighted by molar-refractivity contribution is 5.72. The smallest absolute Gasteiger partial charge is 0.309 e. The molecular formula is C10H13N3O2. The maximum atomic E-state index is 11.0. The first-order valence-electron chi connectivity index (χ1n) is 4.63. The lowest BCUT2D eigenvalue weighted by Crippen LogP contribution is -2.01. The summed E-state index contributed by atoms with van der Waals surface area (Å²) < 4.78 is 4.76. The lowest BCUT2D eigenvalue weighted by atomic mass is 10.3. The molecule has 0 saturated carbocycles. The Morgan fingerprint density at radius 2 is 2.47 bits per heavy atom. The molecular weight excluding hydrogens is 194 g/mol. The van der Waals surface area contributed by atoms with Crippen LogP contribution in [-0.2, 0) is 9.53 Å². The molecule has 2 N–H and O–H groups in total. The molecule has 0 aromatic carbocycles. The van der Waals surface area contributed by atoms with Gasteiger partial charge in [0, 0.05) is 6.20 Å². The molecule has 1 aromatic heterocycles. The lowest BCUT2D eigenvalue weighted by Gasteiger charge is -1.97. The van der Waals surface area contributed by atoms with Crippen LogP contribution in [-0.4, -0.2) is 22.5 Å². The third-order valence-corrected chi connectivity index (χ3v) is 1.57. The Morgan fingerprint density at radius 3 is 3.13 bits per heavy atom. The number of nitrogens with zero attached hydrogens (tertiary/aromatic N) is 2. The molecule has 0 atom stereocenters. The maximum absolute atomic E-state index is 11.0. The van der Waals surface area contributed by atoms with Crippen LogP contribution in [0.1, 0.15) is 19.0 Å². The van der Waals surface area contributed by atoms with Gasteiger partial charge in [0.05, 0.1) is 18.7 Å². The van der Waals surface area contributed by atoms with Gasteiger partial charge in [-0.15, -0.1) is 0 Å². The van der Waals surface area contributed by atoms with Crippen LogP contribution in [0.5, 0.6) is 0 Å². The second-order valence-electron chi connectivity index (χ2n) is 2.75. The minimum Gasteiger partial charge on any atom is -0.466 e. The molecule has 0 fully saturated rings. The van der Waals surface area contributed by atoms with Gasteiger partial charge in [-0.05, 0) is 19.1 Å². The van der Waals surface area contributed by atoms with Gasteiger partial charge in [0.25, 0.3) is 0 Å². The number of carbonyl (C=O) groups is 1. The highest BCUT2D eigenvalue weighted by Crippen LogP contribution is 2.00. The molecule has 15 heavy (non-hydrogen) atoms.